The van der Waals surface area contributed by atoms with E-state index in [1.807, 2.05) is 61.5 Å². The van der Waals surface area contributed by atoms with Crippen molar-refractivity contribution in [2.24, 2.45) is 0 Å². The average Bonchev–Trinajstić information content (AvgIpc) is 3.06. The molecule has 1 atom stereocenters. The summed E-state index contributed by atoms with van der Waals surface area (Å²) in [6.45, 7) is 1.27. The Labute approximate surface area is 263 Å². The standard InChI is InChI=1S/C34H36FN3O6S/c1-24-10-8-9-13-26(24)22-37(30(34(40)36-2)20-25-11-6-5-7-12-25)33(39)23-38(28-16-14-27(35)15-17-28)45(41,42)29-18-19-31(43-3)32(21-29)44-4/h5-19,21,30H,20,22-23H2,1-4H3,(H,36,40)/t30-/m1/s1. The number of anilines is 1. The summed E-state index contributed by atoms with van der Waals surface area (Å²) in [6, 6.07) is 24.6. The zero-order valence-electron chi connectivity index (χ0n) is 25.6. The number of hydrogen-bond donors (Lipinski definition) is 1. The minimum Gasteiger partial charge on any atom is -0.493 e. The molecule has 2 amide bonds. The maximum absolute atomic E-state index is 14.4. The number of amides is 2. The van der Waals surface area contributed by atoms with Crippen LogP contribution in [0.3, 0.4) is 0 Å². The number of carbonyl (C=O) groups is 2. The fourth-order valence-corrected chi connectivity index (χ4v) is 6.36. The molecule has 0 heterocycles. The van der Waals surface area contributed by atoms with Gasteiger partial charge in [-0.3, -0.25) is 13.9 Å². The van der Waals surface area contributed by atoms with Gasteiger partial charge in [-0.05, 0) is 60.0 Å². The van der Waals surface area contributed by atoms with E-state index in [4.69, 9.17) is 9.47 Å². The smallest absolute Gasteiger partial charge is 0.264 e. The van der Waals surface area contributed by atoms with E-state index >= 15 is 0 Å². The van der Waals surface area contributed by atoms with Crippen LogP contribution >= 0.6 is 0 Å². The summed E-state index contributed by atoms with van der Waals surface area (Å²) in [6.07, 6.45) is 0.192. The maximum Gasteiger partial charge on any atom is 0.264 e. The highest BCUT2D eigenvalue weighted by atomic mass is 32.2. The van der Waals surface area contributed by atoms with Gasteiger partial charge in [0.05, 0.1) is 24.8 Å². The van der Waals surface area contributed by atoms with Crippen LogP contribution in [0.15, 0.2) is 102 Å². The van der Waals surface area contributed by atoms with Crippen LogP contribution < -0.4 is 19.1 Å². The normalized spacial score (nSPS) is 11.8. The number of methoxy groups -OCH3 is 2. The predicted octanol–water partition coefficient (Wildman–Crippen LogP) is 4.73. The van der Waals surface area contributed by atoms with E-state index in [0.29, 0.717) is 5.75 Å². The van der Waals surface area contributed by atoms with Gasteiger partial charge in [0.15, 0.2) is 11.5 Å². The number of nitrogens with one attached hydrogen (secondary N) is 1. The van der Waals surface area contributed by atoms with Crippen LogP contribution in [0.1, 0.15) is 16.7 Å². The highest BCUT2D eigenvalue weighted by molar-refractivity contribution is 7.92. The first kappa shape index (κ1) is 33.0. The second-order valence-electron chi connectivity index (χ2n) is 10.3. The Bertz CT molecular complexity index is 1730. The Morgan fingerprint density at radius 3 is 2.13 bits per heavy atom. The number of halogens is 1. The summed E-state index contributed by atoms with van der Waals surface area (Å²) < 4.78 is 53.8. The summed E-state index contributed by atoms with van der Waals surface area (Å²) in [5.74, 6) is -1.11. The zero-order chi connectivity index (χ0) is 32.6. The number of carbonyl (C=O) groups excluding carboxylic acids is 2. The lowest BCUT2D eigenvalue weighted by molar-refractivity contribution is -0.139. The molecule has 0 spiro atoms. The van der Waals surface area contributed by atoms with Gasteiger partial charge in [0.1, 0.15) is 18.4 Å². The summed E-state index contributed by atoms with van der Waals surface area (Å²) in [5, 5.41) is 2.66. The third-order valence-electron chi connectivity index (χ3n) is 7.46. The van der Waals surface area contributed by atoms with Gasteiger partial charge in [0, 0.05) is 26.1 Å². The first-order valence-electron chi connectivity index (χ1n) is 14.2. The molecule has 4 aromatic rings. The summed E-state index contributed by atoms with van der Waals surface area (Å²) in [5.41, 5.74) is 2.58. The minimum atomic E-state index is -4.42. The molecule has 236 valence electrons. The van der Waals surface area contributed by atoms with Crippen molar-refractivity contribution in [3.8, 4) is 11.5 Å². The van der Waals surface area contributed by atoms with Crippen LogP contribution in [0.2, 0.25) is 0 Å². The van der Waals surface area contributed by atoms with Crippen molar-refractivity contribution in [2.75, 3.05) is 32.1 Å². The molecule has 4 rings (SSSR count). The van der Waals surface area contributed by atoms with Crippen LogP contribution in [0, 0.1) is 12.7 Å². The number of sulfonamides is 1. The van der Waals surface area contributed by atoms with Crippen LogP contribution in [0.4, 0.5) is 10.1 Å². The van der Waals surface area contributed by atoms with Gasteiger partial charge >= 0.3 is 0 Å². The van der Waals surface area contributed by atoms with Crippen molar-refractivity contribution in [1.29, 1.82) is 0 Å². The lowest BCUT2D eigenvalue weighted by Crippen LogP contribution is -2.53. The molecule has 0 saturated carbocycles. The predicted molar refractivity (Wildman–Crippen MR) is 170 cm³/mol. The number of hydrogen-bond acceptors (Lipinski definition) is 6. The highest BCUT2D eigenvalue weighted by Crippen LogP contribution is 2.32. The molecule has 0 aliphatic heterocycles. The molecule has 45 heavy (non-hydrogen) atoms. The van der Waals surface area contributed by atoms with E-state index in [0.717, 1.165) is 33.1 Å². The largest absolute Gasteiger partial charge is 0.493 e. The van der Waals surface area contributed by atoms with Crippen molar-refractivity contribution in [1.82, 2.24) is 10.2 Å². The van der Waals surface area contributed by atoms with Crippen LogP contribution in [0.5, 0.6) is 11.5 Å². The van der Waals surface area contributed by atoms with E-state index in [2.05, 4.69) is 5.32 Å². The minimum absolute atomic E-state index is 0.0457. The van der Waals surface area contributed by atoms with Gasteiger partial charge in [0.2, 0.25) is 11.8 Å². The molecule has 0 saturated heterocycles. The average molecular weight is 634 g/mol. The quantitative estimate of drug-likeness (QED) is 0.228. The topological polar surface area (TPSA) is 105 Å². The molecule has 0 bridgehead atoms. The molecule has 0 fully saturated rings. The van der Waals surface area contributed by atoms with Crippen LogP contribution in [0.25, 0.3) is 0 Å². The number of rotatable bonds is 13. The molecular weight excluding hydrogens is 597 g/mol. The van der Waals surface area contributed by atoms with Crippen LogP contribution in [-0.2, 0) is 32.6 Å². The molecule has 11 heteroatoms. The Hall–Kier alpha value is -4.90. The fourth-order valence-electron chi connectivity index (χ4n) is 4.93. The van der Waals surface area contributed by atoms with Gasteiger partial charge in [-0.15, -0.1) is 0 Å². The maximum atomic E-state index is 14.4. The Balaban J connectivity index is 1.81. The molecule has 0 aliphatic rings. The molecule has 1 N–H and O–H groups in total. The number of aryl methyl sites for hydroxylation is 1. The van der Waals surface area contributed by atoms with Gasteiger partial charge < -0.3 is 19.7 Å². The van der Waals surface area contributed by atoms with Crippen molar-refractivity contribution in [2.45, 2.75) is 30.8 Å². The Kier molecular flexibility index (Phi) is 10.8. The summed E-state index contributed by atoms with van der Waals surface area (Å²) >= 11 is 0. The molecular formula is C34H36FN3O6S. The van der Waals surface area contributed by atoms with Crippen LogP contribution in [-0.4, -0.2) is 59.0 Å². The second kappa shape index (κ2) is 14.7. The lowest BCUT2D eigenvalue weighted by Gasteiger charge is -2.34. The van der Waals surface area contributed by atoms with Crippen molar-refractivity contribution in [3.63, 3.8) is 0 Å². The first-order chi connectivity index (χ1) is 21.6. The van der Waals surface area contributed by atoms with Gasteiger partial charge in [-0.2, -0.15) is 0 Å². The molecule has 9 nitrogen and oxygen atoms in total. The number of ether oxygens (including phenoxy) is 2. The number of benzene rings is 4. The molecule has 0 aliphatic carbocycles. The van der Waals surface area contributed by atoms with Crippen molar-refractivity contribution >= 4 is 27.5 Å². The molecule has 0 radical (unpaired) electrons. The van der Waals surface area contributed by atoms with Gasteiger partial charge in [-0.1, -0.05) is 54.6 Å². The first-order valence-corrected chi connectivity index (χ1v) is 15.6. The van der Waals surface area contributed by atoms with E-state index < -0.39 is 40.2 Å². The number of likely N-dealkylation sites (N-methyl/N-ethyl adjacent to an activating group) is 1. The Morgan fingerprint density at radius 1 is 0.867 bits per heavy atom. The fraction of sp³-hybridized carbons (Fsp3) is 0.235. The van der Waals surface area contributed by atoms with Crippen molar-refractivity contribution < 1.29 is 31.9 Å². The van der Waals surface area contributed by atoms with Gasteiger partial charge in [-0.25, -0.2) is 12.8 Å². The highest BCUT2D eigenvalue weighted by Gasteiger charge is 2.35. The lowest BCUT2D eigenvalue weighted by atomic mass is 10.0. The van der Waals surface area contributed by atoms with E-state index in [-0.39, 0.29) is 29.3 Å². The van der Waals surface area contributed by atoms with Gasteiger partial charge in [0.25, 0.3) is 10.0 Å². The summed E-state index contributed by atoms with van der Waals surface area (Å²) in [7, 11) is -0.121. The van der Waals surface area contributed by atoms with E-state index in [1.165, 1.54) is 56.5 Å². The SMILES string of the molecule is CNC(=O)[C@@H](Cc1ccccc1)N(Cc1ccccc1C)C(=O)CN(c1ccc(F)cc1)S(=O)(=O)c1ccc(OC)c(OC)c1. The second-order valence-corrected chi connectivity index (χ2v) is 12.1. The van der Waals surface area contributed by atoms with E-state index in [1.54, 1.807) is 0 Å². The summed E-state index contributed by atoms with van der Waals surface area (Å²) in [4.78, 5) is 29.0. The number of nitrogens with zero attached hydrogens (tertiary/aromatic N) is 2. The van der Waals surface area contributed by atoms with E-state index in [9.17, 15) is 22.4 Å². The molecule has 0 aromatic heterocycles. The monoisotopic (exact) mass is 633 g/mol. The zero-order valence-corrected chi connectivity index (χ0v) is 26.4. The Morgan fingerprint density at radius 2 is 1.51 bits per heavy atom. The molecule has 4 aromatic carbocycles. The third kappa shape index (κ3) is 7.79. The van der Waals surface area contributed by atoms with Crippen molar-refractivity contribution in [3.05, 3.63) is 120 Å². The molecule has 0 unspecified atom stereocenters. The third-order valence-corrected chi connectivity index (χ3v) is 9.23.